The number of esters is 2. The molecule has 0 aliphatic heterocycles. The summed E-state index contributed by atoms with van der Waals surface area (Å²) in [4.78, 5) is 24.0. The molecule has 0 unspecified atom stereocenters. The lowest BCUT2D eigenvalue weighted by Crippen LogP contribution is -2.19. The fourth-order valence-corrected chi connectivity index (χ4v) is 1.84. The molecule has 0 aromatic rings. The van der Waals surface area contributed by atoms with E-state index in [0.717, 1.165) is 38.5 Å². The molecule has 0 aromatic carbocycles. The molecule has 0 bridgehead atoms. The molecule has 0 N–H and O–H groups in total. The van der Waals surface area contributed by atoms with Gasteiger partial charge in [-0.2, -0.15) is 0 Å². The molecule has 0 fully saturated rings. The van der Waals surface area contributed by atoms with E-state index in [2.05, 4.69) is 0 Å². The lowest BCUT2D eigenvalue weighted by molar-refractivity contribution is -0.142. The van der Waals surface area contributed by atoms with Crippen LogP contribution in [-0.2, 0) is 19.1 Å². The van der Waals surface area contributed by atoms with Crippen LogP contribution in [0.3, 0.4) is 0 Å². The van der Waals surface area contributed by atoms with Gasteiger partial charge in [-0.3, -0.25) is 0 Å². The van der Waals surface area contributed by atoms with Crippen molar-refractivity contribution in [3.63, 3.8) is 0 Å². The van der Waals surface area contributed by atoms with Gasteiger partial charge in [0.15, 0.2) is 0 Å². The molecular formula is C16H24O4. The van der Waals surface area contributed by atoms with E-state index >= 15 is 0 Å². The Bertz CT molecular complexity index is 355. The predicted octanol–water partition coefficient (Wildman–Crippen LogP) is 3.32. The summed E-state index contributed by atoms with van der Waals surface area (Å²) in [5.41, 5.74) is 0.711. The highest BCUT2D eigenvalue weighted by atomic mass is 16.5. The van der Waals surface area contributed by atoms with Crippen LogP contribution in [0.2, 0.25) is 0 Å². The number of unbranched alkanes of at least 4 members (excludes halogenated alkanes) is 2. The molecule has 1 aliphatic carbocycles. The maximum atomic E-state index is 12.0. The number of allylic oxidation sites excluding steroid dienone is 2. The summed E-state index contributed by atoms with van der Waals surface area (Å²) in [5, 5.41) is 0. The molecule has 112 valence electrons. The molecule has 0 saturated carbocycles. The second-order valence-electron chi connectivity index (χ2n) is 4.79. The number of carbonyl (C=O) groups excluding carboxylic acids is 2. The Balaban J connectivity index is 2.59. The van der Waals surface area contributed by atoms with Gasteiger partial charge in [0.2, 0.25) is 0 Å². The molecule has 0 saturated heterocycles. The zero-order valence-corrected chi connectivity index (χ0v) is 12.4. The van der Waals surface area contributed by atoms with Crippen LogP contribution in [0.25, 0.3) is 0 Å². The van der Waals surface area contributed by atoms with Crippen molar-refractivity contribution in [3.05, 3.63) is 23.3 Å². The molecule has 20 heavy (non-hydrogen) atoms. The minimum Gasteiger partial charge on any atom is -0.462 e. The maximum absolute atomic E-state index is 12.0. The van der Waals surface area contributed by atoms with Gasteiger partial charge < -0.3 is 9.47 Å². The fourth-order valence-electron chi connectivity index (χ4n) is 1.84. The largest absolute Gasteiger partial charge is 0.462 e. The molecule has 0 atom stereocenters. The summed E-state index contributed by atoms with van der Waals surface area (Å²) in [7, 11) is 0. The predicted molar refractivity (Wildman–Crippen MR) is 77.1 cm³/mol. The van der Waals surface area contributed by atoms with Gasteiger partial charge in [-0.05, 0) is 25.7 Å². The van der Waals surface area contributed by atoms with Gasteiger partial charge in [-0.1, -0.05) is 38.8 Å². The monoisotopic (exact) mass is 280 g/mol. The molecule has 1 rings (SSSR count). The van der Waals surface area contributed by atoms with Crippen LogP contribution in [0.15, 0.2) is 23.3 Å². The van der Waals surface area contributed by atoms with Crippen LogP contribution in [0.5, 0.6) is 0 Å². The Morgan fingerprint density at radius 1 is 0.900 bits per heavy atom. The van der Waals surface area contributed by atoms with Gasteiger partial charge in [0.05, 0.1) is 24.4 Å². The molecule has 4 heteroatoms. The second-order valence-corrected chi connectivity index (χ2v) is 4.79. The number of hydrogen-bond acceptors (Lipinski definition) is 4. The third-order valence-corrected chi connectivity index (χ3v) is 3.06. The Kier molecular flexibility index (Phi) is 7.70. The zero-order valence-electron chi connectivity index (χ0n) is 12.4. The van der Waals surface area contributed by atoms with Crippen molar-refractivity contribution in [3.8, 4) is 0 Å². The second kappa shape index (κ2) is 9.34. The fraction of sp³-hybridized carbons (Fsp3) is 0.625. The van der Waals surface area contributed by atoms with Crippen LogP contribution in [0, 0.1) is 0 Å². The summed E-state index contributed by atoms with van der Waals surface area (Å²) >= 11 is 0. The van der Waals surface area contributed by atoms with Crippen LogP contribution < -0.4 is 0 Å². The molecule has 0 heterocycles. The summed E-state index contributed by atoms with van der Waals surface area (Å²) < 4.78 is 10.3. The van der Waals surface area contributed by atoms with E-state index in [4.69, 9.17) is 9.47 Å². The summed E-state index contributed by atoms with van der Waals surface area (Å²) in [6, 6.07) is 0. The van der Waals surface area contributed by atoms with Crippen molar-refractivity contribution in [1.29, 1.82) is 0 Å². The van der Waals surface area contributed by atoms with Crippen molar-refractivity contribution in [1.82, 2.24) is 0 Å². The minimum atomic E-state index is -0.420. The lowest BCUT2D eigenvalue weighted by atomic mass is 9.98. The average Bonchev–Trinajstić information content (AvgIpc) is 2.47. The minimum absolute atomic E-state index is 0.355. The van der Waals surface area contributed by atoms with Gasteiger partial charge in [0, 0.05) is 0 Å². The quantitative estimate of drug-likeness (QED) is 0.505. The first-order chi connectivity index (χ1) is 9.70. The Labute approximate surface area is 120 Å². The van der Waals surface area contributed by atoms with Gasteiger partial charge in [-0.15, -0.1) is 0 Å². The van der Waals surface area contributed by atoms with Gasteiger partial charge in [0.25, 0.3) is 0 Å². The van der Waals surface area contributed by atoms with Crippen LogP contribution in [0.4, 0.5) is 0 Å². The van der Waals surface area contributed by atoms with Crippen molar-refractivity contribution >= 4 is 11.9 Å². The molecule has 4 nitrogen and oxygen atoms in total. The zero-order chi connectivity index (χ0) is 14.8. The lowest BCUT2D eigenvalue weighted by Gasteiger charge is -2.14. The van der Waals surface area contributed by atoms with Gasteiger partial charge in [-0.25, -0.2) is 9.59 Å². The van der Waals surface area contributed by atoms with E-state index in [1.54, 1.807) is 12.2 Å². The normalized spacial score (nSPS) is 14.3. The van der Waals surface area contributed by atoms with Crippen LogP contribution in [0.1, 0.15) is 52.4 Å². The summed E-state index contributed by atoms with van der Waals surface area (Å²) in [6.07, 6.45) is 8.64. The topological polar surface area (TPSA) is 52.6 Å². The molecule has 0 spiro atoms. The van der Waals surface area contributed by atoms with E-state index in [-0.39, 0.29) is 0 Å². The van der Waals surface area contributed by atoms with E-state index in [1.807, 2.05) is 13.8 Å². The number of carbonyl (C=O) groups is 2. The van der Waals surface area contributed by atoms with Crippen molar-refractivity contribution in [2.24, 2.45) is 0 Å². The highest BCUT2D eigenvalue weighted by Crippen LogP contribution is 2.21. The standard InChI is InChI=1S/C16H24O4/c1-3-5-11-19-15(17)13-9-7-8-10-14(13)16(18)20-12-6-4-2/h9-10H,3-8,11-12H2,1-2H3. The first-order valence-electron chi connectivity index (χ1n) is 7.45. The van der Waals surface area contributed by atoms with Crippen molar-refractivity contribution in [2.75, 3.05) is 13.2 Å². The molecule has 0 amide bonds. The van der Waals surface area contributed by atoms with Crippen LogP contribution >= 0.6 is 0 Å². The highest BCUT2D eigenvalue weighted by Gasteiger charge is 2.24. The van der Waals surface area contributed by atoms with Crippen molar-refractivity contribution in [2.45, 2.75) is 52.4 Å². The Morgan fingerprint density at radius 2 is 1.30 bits per heavy atom. The van der Waals surface area contributed by atoms with Gasteiger partial charge in [0.1, 0.15) is 0 Å². The van der Waals surface area contributed by atoms with Crippen LogP contribution in [-0.4, -0.2) is 25.2 Å². The van der Waals surface area contributed by atoms with Crippen molar-refractivity contribution < 1.29 is 19.1 Å². The number of rotatable bonds is 8. The average molecular weight is 280 g/mol. The smallest absolute Gasteiger partial charge is 0.338 e. The molecule has 0 radical (unpaired) electrons. The number of ether oxygens (including phenoxy) is 2. The molecule has 1 aliphatic rings. The number of hydrogen-bond donors (Lipinski definition) is 0. The SMILES string of the molecule is CCCCOC(=O)C1=CCCC=C1C(=O)OCCCC. The first kappa shape index (κ1) is 16.5. The Hall–Kier alpha value is -1.58. The van der Waals surface area contributed by atoms with E-state index in [9.17, 15) is 9.59 Å². The van der Waals surface area contributed by atoms with E-state index < -0.39 is 11.9 Å². The summed E-state index contributed by atoms with van der Waals surface area (Å²) in [5.74, 6) is -0.839. The first-order valence-corrected chi connectivity index (χ1v) is 7.45. The van der Waals surface area contributed by atoms with E-state index in [0.29, 0.717) is 24.4 Å². The van der Waals surface area contributed by atoms with Gasteiger partial charge >= 0.3 is 11.9 Å². The third-order valence-electron chi connectivity index (χ3n) is 3.06. The Morgan fingerprint density at radius 3 is 1.65 bits per heavy atom. The maximum Gasteiger partial charge on any atom is 0.338 e. The van der Waals surface area contributed by atoms with E-state index in [1.165, 1.54) is 0 Å². The third kappa shape index (κ3) is 5.19. The highest BCUT2D eigenvalue weighted by molar-refractivity contribution is 6.07. The molecule has 0 aromatic heterocycles. The molecular weight excluding hydrogens is 256 g/mol. The summed E-state index contributed by atoms with van der Waals surface area (Å²) in [6.45, 7) is 4.85.